The molecule has 1 aliphatic heterocycles. The number of hydrogen-bond donors (Lipinski definition) is 1. The van der Waals surface area contributed by atoms with Crippen LogP contribution < -0.4 is 5.32 Å². The molecule has 0 saturated carbocycles. The number of rotatable bonds is 6. The Kier molecular flexibility index (Phi) is 4.74. The molecule has 1 aromatic carbocycles. The molecule has 0 aliphatic carbocycles. The third-order valence-electron chi connectivity index (χ3n) is 5.05. The zero-order valence-corrected chi connectivity index (χ0v) is 13.6. The van der Waals surface area contributed by atoms with E-state index in [0.717, 1.165) is 25.9 Å². The number of ether oxygens (including phenoxy) is 1. The second-order valence-corrected chi connectivity index (χ2v) is 5.85. The van der Waals surface area contributed by atoms with Gasteiger partial charge in [0.25, 0.3) is 0 Å². The van der Waals surface area contributed by atoms with Gasteiger partial charge in [0.2, 0.25) is 0 Å². The molecule has 1 N–H and O–H groups in total. The summed E-state index contributed by atoms with van der Waals surface area (Å²) in [6.07, 6.45) is 3.18. The van der Waals surface area contributed by atoms with Gasteiger partial charge < -0.3 is 10.1 Å². The van der Waals surface area contributed by atoms with E-state index < -0.39 is 0 Å². The largest absolute Gasteiger partial charge is 0.378 e. The highest BCUT2D eigenvalue weighted by molar-refractivity contribution is 5.65. The van der Waals surface area contributed by atoms with Gasteiger partial charge in [-0.1, -0.05) is 45.9 Å². The Balaban J connectivity index is 2.38. The number of benzene rings is 1. The van der Waals surface area contributed by atoms with E-state index >= 15 is 0 Å². The fraction of sp³-hybridized carbons (Fsp3) is 0.667. The molecule has 2 unspecified atom stereocenters. The van der Waals surface area contributed by atoms with E-state index in [0.29, 0.717) is 12.0 Å². The first-order chi connectivity index (χ1) is 9.63. The van der Waals surface area contributed by atoms with Crippen molar-refractivity contribution < 1.29 is 4.74 Å². The summed E-state index contributed by atoms with van der Waals surface area (Å²) in [6, 6.07) is 7.08. The van der Waals surface area contributed by atoms with Crippen molar-refractivity contribution in [3.8, 4) is 0 Å². The van der Waals surface area contributed by atoms with Crippen molar-refractivity contribution in [1.82, 2.24) is 0 Å². The maximum atomic E-state index is 6.22. The molecule has 2 rings (SSSR count). The molecule has 0 fully saturated rings. The molecule has 1 aliphatic rings. The van der Waals surface area contributed by atoms with E-state index in [4.69, 9.17) is 4.74 Å². The van der Waals surface area contributed by atoms with Crippen molar-refractivity contribution in [1.29, 1.82) is 0 Å². The van der Waals surface area contributed by atoms with Crippen LogP contribution in [-0.4, -0.2) is 18.2 Å². The van der Waals surface area contributed by atoms with Gasteiger partial charge in [-0.15, -0.1) is 0 Å². The van der Waals surface area contributed by atoms with Crippen molar-refractivity contribution in [2.24, 2.45) is 0 Å². The quantitative estimate of drug-likeness (QED) is 0.809. The Morgan fingerprint density at radius 1 is 1.15 bits per heavy atom. The second kappa shape index (κ2) is 6.17. The zero-order chi connectivity index (χ0) is 14.8. The molecule has 0 spiro atoms. The molecular formula is C18H29NO. The van der Waals surface area contributed by atoms with Gasteiger partial charge in [-0.3, -0.25) is 0 Å². The minimum absolute atomic E-state index is 0.0573. The Bertz CT molecular complexity index is 451. The fourth-order valence-corrected chi connectivity index (χ4v) is 3.79. The topological polar surface area (TPSA) is 21.3 Å². The van der Waals surface area contributed by atoms with Gasteiger partial charge in [0, 0.05) is 18.2 Å². The number of hydrogen-bond acceptors (Lipinski definition) is 2. The second-order valence-electron chi connectivity index (χ2n) is 5.85. The standard InChI is InChI=1S/C18H29NO/c1-6-14-11-10-12-15-13(5)17(19-16(14)15)18(7-2,8-3)20-9-4/h10-13,17,19H,6-9H2,1-5H3. The van der Waals surface area contributed by atoms with Crippen LogP contribution in [0.4, 0.5) is 5.69 Å². The summed E-state index contributed by atoms with van der Waals surface area (Å²) < 4.78 is 6.22. The first-order valence-electron chi connectivity index (χ1n) is 8.15. The maximum absolute atomic E-state index is 6.22. The summed E-state index contributed by atoms with van der Waals surface area (Å²) in [5.41, 5.74) is 4.19. The van der Waals surface area contributed by atoms with Gasteiger partial charge in [0.15, 0.2) is 0 Å². The Morgan fingerprint density at radius 3 is 2.40 bits per heavy atom. The molecule has 0 aromatic heterocycles. The highest BCUT2D eigenvalue weighted by Crippen LogP contribution is 2.45. The Hall–Kier alpha value is -1.02. The number of nitrogens with one attached hydrogen (secondary N) is 1. The maximum Gasteiger partial charge on any atom is 0.0882 e. The molecule has 2 heteroatoms. The third kappa shape index (κ3) is 2.35. The fourth-order valence-electron chi connectivity index (χ4n) is 3.79. The normalized spacial score (nSPS) is 21.6. The van der Waals surface area contributed by atoms with Crippen LogP contribution in [0.25, 0.3) is 0 Å². The number of para-hydroxylation sites is 1. The van der Waals surface area contributed by atoms with Crippen LogP contribution in [0.2, 0.25) is 0 Å². The number of fused-ring (bicyclic) bond motifs is 1. The van der Waals surface area contributed by atoms with E-state index in [1.807, 2.05) is 0 Å². The van der Waals surface area contributed by atoms with Crippen molar-refractivity contribution in [3.05, 3.63) is 29.3 Å². The van der Waals surface area contributed by atoms with Crippen molar-refractivity contribution in [2.75, 3.05) is 11.9 Å². The summed E-state index contributed by atoms with van der Waals surface area (Å²) in [4.78, 5) is 0. The smallest absolute Gasteiger partial charge is 0.0882 e. The molecule has 0 radical (unpaired) electrons. The van der Waals surface area contributed by atoms with E-state index in [1.54, 1.807) is 0 Å². The van der Waals surface area contributed by atoms with E-state index in [9.17, 15) is 0 Å². The van der Waals surface area contributed by atoms with Crippen molar-refractivity contribution >= 4 is 5.69 Å². The van der Waals surface area contributed by atoms with Crippen LogP contribution in [-0.2, 0) is 11.2 Å². The molecular weight excluding hydrogens is 246 g/mol. The first kappa shape index (κ1) is 15.4. The van der Waals surface area contributed by atoms with Crippen LogP contribution in [0.3, 0.4) is 0 Å². The molecule has 112 valence electrons. The molecule has 0 saturated heterocycles. The van der Waals surface area contributed by atoms with Gasteiger partial charge in [-0.25, -0.2) is 0 Å². The predicted molar refractivity (Wildman–Crippen MR) is 86.6 cm³/mol. The zero-order valence-electron chi connectivity index (χ0n) is 13.6. The first-order valence-corrected chi connectivity index (χ1v) is 8.15. The lowest BCUT2D eigenvalue weighted by Crippen LogP contribution is -2.48. The lowest BCUT2D eigenvalue weighted by atomic mass is 9.80. The molecule has 0 bridgehead atoms. The van der Waals surface area contributed by atoms with E-state index in [2.05, 4.69) is 58.1 Å². The Labute approximate surface area is 123 Å². The molecule has 2 nitrogen and oxygen atoms in total. The highest BCUT2D eigenvalue weighted by atomic mass is 16.5. The summed E-state index contributed by atoms with van der Waals surface area (Å²) in [7, 11) is 0. The van der Waals surface area contributed by atoms with Gasteiger partial charge in [-0.05, 0) is 37.3 Å². The third-order valence-corrected chi connectivity index (χ3v) is 5.05. The molecule has 0 amide bonds. The number of anilines is 1. The van der Waals surface area contributed by atoms with E-state index in [-0.39, 0.29) is 5.60 Å². The van der Waals surface area contributed by atoms with Crippen molar-refractivity contribution in [3.63, 3.8) is 0 Å². The minimum atomic E-state index is -0.0573. The Morgan fingerprint density at radius 2 is 1.85 bits per heavy atom. The summed E-state index contributed by atoms with van der Waals surface area (Å²) in [5, 5.41) is 3.81. The average molecular weight is 275 g/mol. The van der Waals surface area contributed by atoms with Crippen LogP contribution in [0, 0.1) is 0 Å². The van der Waals surface area contributed by atoms with Crippen LogP contribution in [0.15, 0.2) is 18.2 Å². The molecule has 20 heavy (non-hydrogen) atoms. The van der Waals surface area contributed by atoms with E-state index in [1.165, 1.54) is 16.8 Å². The lowest BCUT2D eigenvalue weighted by Gasteiger charge is -2.40. The van der Waals surface area contributed by atoms with Gasteiger partial charge in [0.05, 0.1) is 11.6 Å². The lowest BCUT2D eigenvalue weighted by molar-refractivity contribution is -0.0614. The van der Waals surface area contributed by atoms with Crippen LogP contribution >= 0.6 is 0 Å². The molecule has 2 atom stereocenters. The van der Waals surface area contributed by atoms with Gasteiger partial charge >= 0.3 is 0 Å². The average Bonchev–Trinajstić information content (AvgIpc) is 2.83. The van der Waals surface area contributed by atoms with Gasteiger partial charge in [-0.2, -0.15) is 0 Å². The SMILES string of the molecule is CCOC(CC)(CC)C1Nc2c(CC)cccc2C1C. The highest BCUT2D eigenvalue weighted by Gasteiger charge is 2.44. The summed E-state index contributed by atoms with van der Waals surface area (Å²) >= 11 is 0. The number of aryl methyl sites for hydroxylation is 1. The monoisotopic (exact) mass is 275 g/mol. The van der Waals surface area contributed by atoms with Crippen LogP contribution in [0.5, 0.6) is 0 Å². The molecule has 1 aromatic rings. The van der Waals surface area contributed by atoms with Crippen LogP contribution in [0.1, 0.15) is 64.5 Å². The summed E-state index contributed by atoms with van der Waals surface area (Å²) in [6.45, 7) is 11.9. The molecule has 1 heterocycles. The van der Waals surface area contributed by atoms with Crippen molar-refractivity contribution in [2.45, 2.75) is 71.4 Å². The minimum Gasteiger partial charge on any atom is -0.378 e. The summed E-state index contributed by atoms with van der Waals surface area (Å²) in [5.74, 6) is 0.503. The predicted octanol–water partition coefficient (Wildman–Crippen LogP) is 4.74. The van der Waals surface area contributed by atoms with Gasteiger partial charge in [0.1, 0.15) is 0 Å².